The largest absolute Gasteiger partial charge is 0.444 e. The van der Waals surface area contributed by atoms with E-state index in [0.717, 1.165) is 4.90 Å². The minimum absolute atomic E-state index is 0.0590. The lowest BCUT2D eigenvalue weighted by Crippen LogP contribution is -2.49. The molecule has 3 amide bonds. The fraction of sp³-hybridized carbons (Fsp3) is 0.500. The molecule has 0 aromatic heterocycles. The van der Waals surface area contributed by atoms with Crippen molar-refractivity contribution in [3.05, 3.63) is 39.4 Å². The highest BCUT2D eigenvalue weighted by Gasteiger charge is 2.45. The monoisotopic (exact) mass is 375 g/mol. The molecular formula is C18H21N3O6. The van der Waals surface area contributed by atoms with E-state index < -0.39 is 34.5 Å². The summed E-state index contributed by atoms with van der Waals surface area (Å²) in [5, 5.41) is 11.2. The first-order valence-corrected chi connectivity index (χ1v) is 8.73. The van der Waals surface area contributed by atoms with Crippen LogP contribution in [0.15, 0.2) is 18.2 Å². The van der Waals surface area contributed by atoms with Gasteiger partial charge in [0.1, 0.15) is 11.2 Å². The molecule has 0 aliphatic carbocycles. The maximum absolute atomic E-state index is 12.7. The molecule has 0 atom stereocenters. The maximum atomic E-state index is 12.7. The smallest absolute Gasteiger partial charge is 0.410 e. The van der Waals surface area contributed by atoms with Gasteiger partial charge >= 0.3 is 6.09 Å². The van der Waals surface area contributed by atoms with E-state index in [4.69, 9.17) is 4.74 Å². The van der Waals surface area contributed by atoms with E-state index >= 15 is 0 Å². The van der Waals surface area contributed by atoms with Gasteiger partial charge in [0, 0.05) is 25.2 Å². The van der Waals surface area contributed by atoms with Crippen LogP contribution < -0.4 is 0 Å². The second kappa shape index (κ2) is 6.64. The zero-order valence-electron chi connectivity index (χ0n) is 15.4. The van der Waals surface area contributed by atoms with E-state index in [1.54, 1.807) is 25.7 Å². The van der Waals surface area contributed by atoms with Crippen LogP contribution in [0, 0.1) is 10.1 Å². The number of benzene rings is 1. The Morgan fingerprint density at radius 2 is 1.81 bits per heavy atom. The molecule has 9 nitrogen and oxygen atoms in total. The SMILES string of the molecule is CC(C)(C)OC(=O)N1CCC(N2C(=O)c3cccc([N+](=O)[O-])c3C2=O)CC1. The number of fused-ring (bicyclic) bond motifs is 1. The van der Waals surface area contributed by atoms with Gasteiger partial charge in [-0.1, -0.05) is 6.07 Å². The second-order valence-electron chi connectivity index (χ2n) is 7.64. The average Bonchev–Trinajstić information content (AvgIpc) is 2.84. The van der Waals surface area contributed by atoms with Gasteiger partial charge in [-0.2, -0.15) is 0 Å². The van der Waals surface area contributed by atoms with Gasteiger partial charge in [-0.25, -0.2) is 4.79 Å². The number of piperidine rings is 1. The van der Waals surface area contributed by atoms with Crippen LogP contribution in [0.4, 0.5) is 10.5 Å². The van der Waals surface area contributed by atoms with Crippen LogP contribution in [0.1, 0.15) is 54.3 Å². The standard InChI is InChI=1S/C18H21N3O6/c1-18(2,3)27-17(24)19-9-7-11(8-10-19)20-15(22)12-5-4-6-13(21(25)26)14(12)16(20)23/h4-6,11H,7-10H2,1-3H3. The summed E-state index contributed by atoms with van der Waals surface area (Å²) in [6, 6.07) is 3.64. The highest BCUT2D eigenvalue weighted by Crippen LogP contribution is 2.34. The van der Waals surface area contributed by atoms with Crippen molar-refractivity contribution in [2.75, 3.05) is 13.1 Å². The van der Waals surface area contributed by atoms with Crippen molar-refractivity contribution in [2.24, 2.45) is 0 Å². The second-order valence-corrected chi connectivity index (χ2v) is 7.64. The first kappa shape index (κ1) is 18.8. The Bertz CT molecular complexity index is 821. The molecule has 1 aromatic carbocycles. The average molecular weight is 375 g/mol. The van der Waals surface area contributed by atoms with Crippen molar-refractivity contribution in [1.29, 1.82) is 0 Å². The number of ether oxygens (including phenoxy) is 1. The molecule has 0 saturated carbocycles. The molecule has 3 rings (SSSR count). The summed E-state index contributed by atoms with van der Waals surface area (Å²) < 4.78 is 5.34. The number of nitrogens with zero attached hydrogens (tertiary/aromatic N) is 3. The van der Waals surface area contributed by atoms with Gasteiger partial charge in [-0.3, -0.25) is 24.6 Å². The minimum Gasteiger partial charge on any atom is -0.444 e. The van der Waals surface area contributed by atoms with Crippen molar-refractivity contribution >= 4 is 23.6 Å². The summed E-state index contributed by atoms with van der Waals surface area (Å²) in [6.45, 7) is 6.03. The molecule has 9 heteroatoms. The number of carbonyl (C=O) groups excluding carboxylic acids is 3. The Hall–Kier alpha value is -2.97. The molecule has 144 valence electrons. The highest BCUT2D eigenvalue weighted by atomic mass is 16.6. The summed E-state index contributed by atoms with van der Waals surface area (Å²) in [6.07, 6.45) is 0.371. The van der Waals surface area contributed by atoms with Crippen molar-refractivity contribution in [1.82, 2.24) is 9.80 Å². The van der Waals surface area contributed by atoms with E-state index in [-0.39, 0.29) is 16.8 Å². The van der Waals surface area contributed by atoms with Gasteiger partial charge < -0.3 is 9.64 Å². The fourth-order valence-corrected chi connectivity index (χ4v) is 3.40. The van der Waals surface area contributed by atoms with Gasteiger partial charge in [0.2, 0.25) is 0 Å². The van der Waals surface area contributed by atoms with Crippen LogP contribution in [-0.2, 0) is 4.74 Å². The number of amides is 3. The molecule has 1 fully saturated rings. The Balaban J connectivity index is 1.74. The Morgan fingerprint density at radius 3 is 2.37 bits per heavy atom. The predicted octanol–water partition coefficient (Wildman–Crippen LogP) is 2.59. The normalized spacial score (nSPS) is 17.9. The van der Waals surface area contributed by atoms with Gasteiger partial charge in [-0.15, -0.1) is 0 Å². The number of hydrogen-bond acceptors (Lipinski definition) is 6. The summed E-state index contributed by atoms with van der Waals surface area (Å²) in [5.41, 5.74) is -1.06. The first-order valence-electron chi connectivity index (χ1n) is 8.73. The van der Waals surface area contributed by atoms with Crippen LogP contribution in [0.25, 0.3) is 0 Å². The van der Waals surface area contributed by atoms with E-state index in [1.165, 1.54) is 18.2 Å². The summed E-state index contributed by atoms with van der Waals surface area (Å²) >= 11 is 0. The van der Waals surface area contributed by atoms with Crippen LogP contribution in [0.5, 0.6) is 0 Å². The number of hydrogen-bond donors (Lipinski definition) is 0. The van der Waals surface area contributed by atoms with Crippen molar-refractivity contribution < 1.29 is 24.0 Å². The number of imide groups is 1. The molecule has 0 radical (unpaired) electrons. The third-order valence-corrected chi connectivity index (χ3v) is 4.60. The Labute approximate surface area is 156 Å². The molecule has 0 unspecified atom stereocenters. The summed E-state index contributed by atoms with van der Waals surface area (Å²) in [4.78, 5) is 50.7. The molecular weight excluding hydrogens is 354 g/mol. The third-order valence-electron chi connectivity index (χ3n) is 4.60. The number of likely N-dealkylation sites (tertiary alicyclic amines) is 1. The molecule has 2 heterocycles. The van der Waals surface area contributed by atoms with Crippen LogP contribution in [0.3, 0.4) is 0 Å². The lowest BCUT2D eigenvalue weighted by molar-refractivity contribution is -0.385. The molecule has 1 saturated heterocycles. The van der Waals surface area contributed by atoms with Gasteiger partial charge in [0.25, 0.3) is 17.5 Å². The third kappa shape index (κ3) is 3.49. The maximum Gasteiger partial charge on any atom is 0.410 e. The van der Waals surface area contributed by atoms with Crippen LogP contribution in [-0.4, -0.2) is 57.4 Å². The van der Waals surface area contributed by atoms with E-state index in [2.05, 4.69) is 0 Å². The zero-order valence-corrected chi connectivity index (χ0v) is 15.4. The Kier molecular flexibility index (Phi) is 4.63. The first-order chi connectivity index (χ1) is 12.6. The number of rotatable bonds is 2. The molecule has 0 N–H and O–H groups in total. The lowest BCUT2D eigenvalue weighted by atomic mass is 10.0. The van der Waals surface area contributed by atoms with E-state index in [9.17, 15) is 24.5 Å². The van der Waals surface area contributed by atoms with E-state index in [0.29, 0.717) is 25.9 Å². The molecule has 1 aromatic rings. The number of nitro groups is 1. The topological polar surface area (TPSA) is 110 Å². The van der Waals surface area contributed by atoms with Crippen molar-refractivity contribution in [3.63, 3.8) is 0 Å². The van der Waals surface area contributed by atoms with Gasteiger partial charge in [-0.05, 0) is 39.7 Å². The molecule has 0 spiro atoms. The van der Waals surface area contributed by atoms with Crippen LogP contribution >= 0.6 is 0 Å². The molecule has 2 aliphatic rings. The minimum atomic E-state index is -0.654. The number of nitro benzene ring substituents is 1. The molecule has 0 bridgehead atoms. The molecule has 2 aliphatic heterocycles. The Morgan fingerprint density at radius 1 is 1.19 bits per heavy atom. The van der Waals surface area contributed by atoms with Crippen molar-refractivity contribution in [2.45, 2.75) is 45.3 Å². The van der Waals surface area contributed by atoms with Gasteiger partial charge in [0.05, 0.1) is 10.5 Å². The van der Waals surface area contributed by atoms with Crippen LogP contribution in [0.2, 0.25) is 0 Å². The quantitative estimate of drug-likeness (QED) is 0.446. The zero-order chi connectivity index (χ0) is 19.9. The summed E-state index contributed by atoms with van der Waals surface area (Å²) in [5.74, 6) is -1.16. The highest BCUT2D eigenvalue weighted by molar-refractivity contribution is 6.23. The predicted molar refractivity (Wildman–Crippen MR) is 94.4 cm³/mol. The van der Waals surface area contributed by atoms with Gasteiger partial charge in [0.15, 0.2) is 0 Å². The lowest BCUT2D eigenvalue weighted by Gasteiger charge is -2.36. The van der Waals surface area contributed by atoms with E-state index in [1.807, 2.05) is 0 Å². The van der Waals surface area contributed by atoms with Crippen molar-refractivity contribution in [3.8, 4) is 0 Å². The molecule has 27 heavy (non-hydrogen) atoms. The number of carbonyl (C=O) groups is 3. The fourth-order valence-electron chi connectivity index (χ4n) is 3.40. The summed E-state index contributed by atoms with van der Waals surface area (Å²) in [7, 11) is 0.